The number of aromatic amines is 2. The molecule has 11 heteroatoms. The maximum Gasteiger partial charge on any atom is 0.325 e. The molecule has 0 radical (unpaired) electrons. The lowest BCUT2D eigenvalue weighted by molar-refractivity contribution is 0.00248. The first-order valence-corrected chi connectivity index (χ1v) is 7.54. The summed E-state index contributed by atoms with van der Waals surface area (Å²) < 4.78 is 29.1. The number of halogens is 2. The van der Waals surface area contributed by atoms with E-state index >= 15 is 0 Å². The highest BCUT2D eigenvalue weighted by molar-refractivity contribution is 5.74. The van der Waals surface area contributed by atoms with Gasteiger partial charge >= 0.3 is 11.6 Å². The van der Waals surface area contributed by atoms with E-state index < -0.39 is 29.5 Å². The van der Waals surface area contributed by atoms with Crippen molar-refractivity contribution in [1.82, 2.24) is 24.6 Å². The van der Waals surface area contributed by atoms with Gasteiger partial charge < -0.3 is 15.0 Å². The summed E-state index contributed by atoms with van der Waals surface area (Å²) in [5, 5.41) is 13.6. The number of H-pyrrole nitrogens is 2. The maximum absolute atomic E-state index is 13.9. The number of nitrogens with one attached hydrogen (secondary N) is 2. The number of aliphatic hydroxyl groups is 1. The van der Waals surface area contributed by atoms with E-state index in [1.165, 1.54) is 34.1 Å². The molecule has 0 spiro atoms. The van der Waals surface area contributed by atoms with Crippen molar-refractivity contribution in [1.29, 1.82) is 0 Å². The molecule has 26 heavy (non-hydrogen) atoms. The predicted molar refractivity (Wildman–Crippen MR) is 87.5 cm³/mol. The van der Waals surface area contributed by atoms with Crippen molar-refractivity contribution in [3.63, 3.8) is 0 Å². The average Bonchev–Trinajstić information content (AvgIpc) is 3.05. The van der Waals surface area contributed by atoms with Gasteiger partial charge in [0.25, 0.3) is 5.56 Å². The number of aliphatic hydroxyl groups excluding tert-OH is 1. The van der Waals surface area contributed by atoms with Gasteiger partial charge in [-0.05, 0) is 12.1 Å². The quantitative estimate of drug-likeness (QED) is 0.616. The monoisotopic (exact) mass is 362 g/mol. The van der Waals surface area contributed by atoms with E-state index in [1.54, 1.807) is 0 Å². The Bertz CT molecular complexity index is 1150. The zero-order chi connectivity index (χ0) is 18.5. The van der Waals surface area contributed by atoms with Crippen LogP contribution in [0.2, 0.25) is 0 Å². The highest BCUT2D eigenvalue weighted by atomic mass is 19.3. The Morgan fingerprint density at radius 1 is 1.31 bits per heavy atom. The fourth-order valence-corrected chi connectivity index (χ4v) is 2.78. The van der Waals surface area contributed by atoms with Crippen LogP contribution < -0.4 is 16.1 Å². The Labute approximate surface area is 143 Å². The second kappa shape index (κ2) is 5.51. The molecule has 0 aliphatic carbocycles. The number of anilines is 1. The van der Waals surface area contributed by atoms with Gasteiger partial charge in [-0.2, -0.15) is 13.9 Å². The molecule has 0 amide bonds. The van der Waals surface area contributed by atoms with Gasteiger partial charge in [-0.3, -0.25) is 9.78 Å². The summed E-state index contributed by atoms with van der Waals surface area (Å²) in [5.41, 5.74) is -0.449. The number of hydrogen-bond acceptors (Lipinski definition) is 6. The number of imidazole rings is 1. The van der Waals surface area contributed by atoms with Crippen LogP contribution in [0, 0.1) is 0 Å². The molecule has 0 saturated carbocycles. The molecule has 3 aromatic heterocycles. The summed E-state index contributed by atoms with van der Waals surface area (Å²) in [6, 6.07) is 1.44. The van der Waals surface area contributed by atoms with Gasteiger partial charge in [0, 0.05) is 25.1 Å². The van der Waals surface area contributed by atoms with E-state index in [0.29, 0.717) is 11.3 Å². The molecule has 0 unspecified atom stereocenters. The van der Waals surface area contributed by atoms with Crippen molar-refractivity contribution >= 4 is 11.3 Å². The zero-order valence-corrected chi connectivity index (χ0v) is 13.1. The summed E-state index contributed by atoms with van der Waals surface area (Å²) in [6.07, 6.45) is 5.18. The molecule has 0 aromatic carbocycles. The van der Waals surface area contributed by atoms with Gasteiger partial charge in [0.15, 0.2) is 11.4 Å². The zero-order valence-electron chi connectivity index (χ0n) is 13.1. The van der Waals surface area contributed by atoms with Gasteiger partial charge in [0.05, 0.1) is 17.8 Å². The standard InChI is InChI=1S/C15H12F2N6O3/c16-15(17)7-22(3-1-11(15)24)10-5-9(21-23-4-2-18-12(10)23)8-6-19-14(26)20-13(8)25/h1-2,4-6,24H,3,7H2,(H2,19,20,25,26). The van der Waals surface area contributed by atoms with Crippen LogP contribution in [0.25, 0.3) is 16.9 Å². The van der Waals surface area contributed by atoms with Crippen LogP contribution in [0.5, 0.6) is 0 Å². The summed E-state index contributed by atoms with van der Waals surface area (Å²) in [5.74, 6) is -4.37. The molecule has 1 aliphatic rings. The largest absolute Gasteiger partial charge is 0.506 e. The van der Waals surface area contributed by atoms with Crippen LogP contribution in [0.3, 0.4) is 0 Å². The summed E-state index contributed by atoms with van der Waals surface area (Å²) in [4.78, 5) is 33.1. The molecule has 1 aliphatic heterocycles. The Hall–Kier alpha value is -3.50. The number of fused-ring (bicyclic) bond motifs is 1. The maximum atomic E-state index is 13.9. The minimum absolute atomic E-state index is 0.0371. The van der Waals surface area contributed by atoms with Crippen LogP contribution in [-0.2, 0) is 0 Å². The van der Waals surface area contributed by atoms with Gasteiger partial charge in [0.1, 0.15) is 5.69 Å². The summed E-state index contributed by atoms with van der Waals surface area (Å²) >= 11 is 0. The number of aromatic nitrogens is 5. The molecular weight excluding hydrogens is 350 g/mol. The first-order valence-electron chi connectivity index (χ1n) is 7.54. The van der Waals surface area contributed by atoms with E-state index in [1.807, 2.05) is 0 Å². The van der Waals surface area contributed by atoms with E-state index in [9.17, 15) is 23.5 Å². The minimum atomic E-state index is -3.40. The van der Waals surface area contributed by atoms with Crippen molar-refractivity contribution < 1.29 is 13.9 Å². The Balaban J connectivity index is 1.89. The smallest absolute Gasteiger partial charge is 0.325 e. The molecule has 4 rings (SSSR count). The van der Waals surface area contributed by atoms with Gasteiger partial charge in [-0.25, -0.2) is 14.3 Å². The van der Waals surface area contributed by atoms with Gasteiger partial charge in [0.2, 0.25) is 0 Å². The Morgan fingerprint density at radius 3 is 2.85 bits per heavy atom. The normalized spacial score (nSPS) is 16.7. The molecule has 0 saturated heterocycles. The first kappa shape index (κ1) is 16.0. The SMILES string of the molecule is O=c1[nH]cc(-c2cc(N3CC=C(O)C(F)(F)C3)c3nccn3n2)c(=O)[nH]1. The highest BCUT2D eigenvalue weighted by Gasteiger charge is 2.40. The molecule has 0 atom stereocenters. The van der Waals surface area contributed by atoms with Crippen LogP contribution in [0.15, 0.2) is 46.1 Å². The second-order valence-electron chi connectivity index (χ2n) is 5.77. The molecule has 0 fully saturated rings. The lowest BCUT2D eigenvalue weighted by atomic mass is 10.1. The Kier molecular flexibility index (Phi) is 3.39. The van der Waals surface area contributed by atoms with Crippen molar-refractivity contribution in [2.24, 2.45) is 0 Å². The van der Waals surface area contributed by atoms with Crippen LogP contribution in [0.1, 0.15) is 0 Å². The summed E-state index contributed by atoms with van der Waals surface area (Å²) in [6.45, 7) is -0.710. The number of hydrogen-bond donors (Lipinski definition) is 3. The fourth-order valence-electron chi connectivity index (χ4n) is 2.78. The first-order chi connectivity index (χ1) is 12.3. The number of rotatable bonds is 2. The van der Waals surface area contributed by atoms with Crippen molar-refractivity contribution in [3.05, 3.63) is 57.3 Å². The fraction of sp³-hybridized carbons (Fsp3) is 0.200. The van der Waals surface area contributed by atoms with Crippen LogP contribution >= 0.6 is 0 Å². The molecule has 0 bridgehead atoms. The topological polar surface area (TPSA) is 119 Å². The third-order valence-electron chi connectivity index (χ3n) is 4.04. The van der Waals surface area contributed by atoms with E-state index in [-0.39, 0.29) is 17.8 Å². The molecule has 9 nitrogen and oxygen atoms in total. The molecule has 134 valence electrons. The van der Waals surface area contributed by atoms with Crippen molar-refractivity contribution in [3.8, 4) is 11.3 Å². The highest BCUT2D eigenvalue weighted by Crippen LogP contribution is 2.32. The second-order valence-corrected chi connectivity index (χ2v) is 5.77. The van der Waals surface area contributed by atoms with Crippen LogP contribution in [-0.4, -0.2) is 48.7 Å². The molecule has 3 N–H and O–H groups in total. The van der Waals surface area contributed by atoms with Gasteiger partial charge in [-0.1, -0.05) is 0 Å². The lowest BCUT2D eigenvalue weighted by Gasteiger charge is -2.32. The average molecular weight is 362 g/mol. The number of nitrogens with zero attached hydrogens (tertiary/aromatic N) is 4. The Morgan fingerprint density at radius 2 is 2.12 bits per heavy atom. The molecular formula is C15H12F2N6O3. The van der Waals surface area contributed by atoms with E-state index in [2.05, 4.69) is 20.1 Å². The summed E-state index contributed by atoms with van der Waals surface area (Å²) in [7, 11) is 0. The third-order valence-corrected chi connectivity index (χ3v) is 4.04. The van der Waals surface area contributed by atoms with Crippen molar-refractivity contribution in [2.75, 3.05) is 18.0 Å². The predicted octanol–water partition coefficient (Wildman–Crippen LogP) is 0.670. The lowest BCUT2D eigenvalue weighted by Crippen LogP contribution is -2.42. The minimum Gasteiger partial charge on any atom is -0.506 e. The molecule has 4 heterocycles. The third kappa shape index (κ3) is 2.53. The van der Waals surface area contributed by atoms with Gasteiger partial charge in [-0.15, -0.1) is 0 Å². The van der Waals surface area contributed by atoms with Crippen LogP contribution in [0.4, 0.5) is 14.5 Å². The molecule has 3 aromatic rings. The van der Waals surface area contributed by atoms with Crippen molar-refractivity contribution in [2.45, 2.75) is 5.92 Å². The number of alkyl halides is 2. The van der Waals surface area contributed by atoms with E-state index in [4.69, 9.17) is 0 Å². The van der Waals surface area contributed by atoms with E-state index in [0.717, 1.165) is 6.08 Å².